The van der Waals surface area contributed by atoms with Crippen molar-refractivity contribution in [1.82, 2.24) is 15.4 Å². The predicted molar refractivity (Wildman–Crippen MR) is 61.4 cm³/mol. The second-order valence-electron chi connectivity index (χ2n) is 3.36. The van der Waals surface area contributed by atoms with Crippen LogP contribution in [0.2, 0.25) is 0 Å². The highest BCUT2D eigenvalue weighted by atomic mass is 16.5. The van der Waals surface area contributed by atoms with E-state index in [2.05, 4.69) is 15.4 Å². The number of carbonyl (C=O) groups excluding carboxylic acids is 1. The number of nitrogens with one attached hydrogen (secondary N) is 1. The molecule has 18 heavy (non-hydrogen) atoms. The lowest BCUT2D eigenvalue weighted by Gasteiger charge is -2.03. The van der Waals surface area contributed by atoms with Crippen LogP contribution in [-0.4, -0.2) is 27.9 Å². The lowest BCUT2D eigenvalue weighted by Crippen LogP contribution is -2.12. The Morgan fingerprint density at radius 1 is 1.50 bits per heavy atom. The summed E-state index contributed by atoms with van der Waals surface area (Å²) in [6.07, 6.45) is 0. The highest BCUT2D eigenvalue weighted by molar-refractivity contribution is 5.96. The molecule has 0 fully saturated rings. The summed E-state index contributed by atoms with van der Waals surface area (Å²) in [6, 6.07) is 8.69. The molecular formula is C11H9N5O2. The maximum absolute atomic E-state index is 11.1. The molecule has 0 saturated carbocycles. The minimum atomic E-state index is -0.665. The fourth-order valence-corrected chi connectivity index (χ4v) is 1.45. The minimum absolute atomic E-state index is 0.0506. The number of hydrogen-bond donors (Lipinski definition) is 2. The minimum Gasteiger partial charge on any atom is -0.479 e. The van der Waals surface area contributed by atoms with Crippen molar-refractivity contribution in [2.45, 2.75) is 0 Å². The van der Waals surface area contributed by atoms with Crippen molar-refractivity contribution < 1.29 is 9.53 Å². The number of H-pyrrole nitrogens is 1. The number of rotatable bonds is 4. The molecule has 0 saturated heterocycles. The van der Waals surface area contributed by atoms with Crippen molar-refractivity contribution in [2.24, 2.45) is 5.73 Å². The van der Waals surface area contributed by atoms with Crippen LogP contribution in [0.3, 0.4) is 0 Å². The zero-order valence-electron chi connectivity index (χ0n) is 9.25. The molecule has 7 heteroatoms. The third-order valence-electron chi connectivity index (χ3n) is 2.19. The Hall–Kier alpha value is -2.88. The number of primary amides is 1. The first kappa shape index (κ1) is 11.6. The molecule has 0 atom stereocenters. The summed E-state index contributed by atoms with van der Waals surface area (Å²) in [4.78, 5) is 11.1. The topological polar surface area (TPSA) is 118 Å². The summed E-state index contributed by atoms with van der Waals surface area (Å²) >= 11 is 0. The van der Waals surface area contributed by atoms with Gasteiger partial charge < -0.3 is 10.5 Å². The van der Waals surface area contributed by atoms with E-state index in [4.69, 9.17) is 15.7 Å². The molecule has 0 spiro atoms. The van der Waals surface area contributed by atoms with E-state index in [1.54, 1.807) is 24.3 Å². The quantitative estimate of drug-likeness (QED) is 0.809. The van der Waals surface area contributed by atoms with Gasteiger partial charge in [0.1, 0.15) is 17.5 Å². The molecule has 2 rings (SSSR count). The molecular weight excluding hydrogens is 234 g/mol. The van der Waals surface area contributed by atoms with Gasteiger partial charge in [-0.15, -0.1) is 0 Å². The third kappa shape index (κ3) is 2.27. The van der Waals surface area contributed by atoms with Crippen LogP contribution in [0.25, 0.3) is 11.3 Å². The van der Waals surface area contributed by atoms with Crippen LogP contribution in [0.1, 0.15) is 10.5 Å². The van der Waals surface area contributed by atoms with E-state index in [0.717, 1.165) is 0 Å². The number of nitrogens with zero attached hydrogens (tertiary/aromatic N) is 3. The van der Waals surface area contributed by atoms with Crippen molar-refractivity contribution in [3.63, 3.8) is 0 Å². The summed E-state index contributed by atoms with van der Waals surface area (Å²) in [6.45, 7) is -0.0506. The number of amides is 1. The van der Waals surface area contributed by atoms with Gasteiger partial charge in [0.15, 0.2) is 12.3 Å². The van der Waals surface area contributed by atoms with Crippen LogP contribution in [-0.2, 0) is 0 Å². The van der Waals surface area contributed by atoms with E-state index < -0.39 is 5.91 Å². The Balaban J connectivity index is 2.36. The maximum atomic E-state index is 11.1. The zero-order valence-corrected chi connectivity index (χ0v) is 9.25. The van der Waals surface area contributed by atoms with E-state index >= 15 is 0 Å². The number of benzene rings is 1. The summed E-state index contributed by atoms with van der Waals surface area (Å²) in [5.41, 5.74) is 6.23. The van der Waals surface area contributed by atoms with Gasteiger partial charge in [0.2, 0.25) is 0 Å². The van der Waals surface area contributed by atoms with Crippen molar-refractivity contribution in [3.05, 3.63) is 30.0 Å². The number of nitrogens with two attached hydrogens (primary N) is 1. The van der Waals surface area contributed by atoms with Crippen molar-refractivity contribution in [3.8, 4) is 23.1 Å². The summed E-state index contributed by atoms with van der Waals surface area (Å²) in [5, 5.41) is 18.3. The highest BCUT2D eigenvalue weighted by Gasteiger charge is 2.15. The SMILES string of the molecule is N#CCOc1cccc(-c2n[nH]nc2C(N)=O)c1. The molecule has 0 bridgehead atoms. The van der Waals surface area contributed by atoms with Crippen LogP contribution in [0, 0.1) is 11.3 Å². The van der Waals surface area contributed by atoms with Gasteiger partial charge in [-0.3, -0.25) is 4.79 Å². The van der Waals surface area contributed by atoms with Gasteiger partial charge in [0, 0.05) is 5.56 Å². The van der Waals surface area contributed by atoms with Gasteiger partial charge >= 0.3 is 0 Å². The van der Waals surface area contributed by atoms with Gasteiger partial charge in [-0.05, 0) is 12.1 Å². The normalized spacial score (nSPS) is 9.72. The van der Waals surface area contributed by atoms with E-state index in [1.807, 2.05) is 6.07 Å². The van der Waals surface area contributed by atoms with E-state index in [0.29, 0.717) is 17.0 Å². The number of aromatic nitrogens is 3. The lowest BCUT2D eigenvalue weighted by atomic mass is 10.1. The first-order valence-corrected chi connectivity index (χ1v) is 5.03. The number of hydrogen-bond acceptors (Lipinski definition) is 5. The second kappa shape index (κ2) is 4.97. The smallest absolute Gasteiger partial charge is 0.271 e. The molecule has 90 valence electrons. The number of ether oxygens (including phenoxy) is 1. The van der Waals surface area contributed by atoms with E-state index in [-0.39, 0.29) is 12.3 Å². The van der Waals surface area contributed by atoms with Gasteiger partial charge in [-0.1, -0.05) is 12.1 Å². The van der Waals surface area contributed by atoms with Crippen molar-refractivity contribution >= 4 is 5.91 Å². The van der Waals surface area contributed by atoms with E-state index in [1.165, 1.54) is 0 Å². The number of carbonyl (C=O) groups is 1. The second-order valence-corrected chi connectivity index (χ2v) is 3.36. The lowest BCUT2D eigenvalue weighted by molar-refractivity contribution is 0.0996. The number of aromatic amines is 1. The summed E-state index contributed by atoms with van der Waals surface area (Å²) in [7, 11) is 0. The average Bonchev–Trinajstić information content (AvgIpc) is 2.86. The molecule has 0 aliphatic heterocycles. The Labute approximate surface area is 102 Å². The molecule has 1 amide bonds. The molecule has 0 aliphatic rings. The maximum Gasteiger partial charge on any atom is 0.271 e. The van der Waals surface area contributed by atoms with Gasteiger partial charge in [0.05, 0.1) is 0 Å². The fraction of sp³-hybridized carbons (Fsp3) is 0.0909. The van der Waals surface area contributed by atoms with Crippen molar-refractivity contribution in [2.75, 3.05) is 6.61 Å². The summed E-state index contributed by atoms with van der Waals surface area (Å²) < 4.78 is 5.16. The fourth-order valence-electron chi connectivity index (χ4n) is 1.45. The third-order valence-corrected chi connectivity index (χ3v) is 2.19. The van der Waals surface area contributed by atoms with Crippen LogP contribution in [0.15, 0.2) is 24.3 Å². The van der Waals surface area contributed by atoms with Crippen LogP contribution < -0.4 is 10.5 Å². The van der Waals surface area contributed by atoms with Crippen LogP contribution in [0.5, 0.6) is 5.75 Å². The average molecular weight is 243 g/mol. The standard InChI is InChI=1S/C11H9N5O2/c12-4-5-18-8-3-1-2-7(6-8)9-10(11(13)17)15-16-14-9/h1-3,6H,5H2,(H2,13,17)(H,14,15,16). The Bertz CT molecular complexity index is 614. The van der Waals surface area contributed by atoms with Gasteiger partial charge in [-0.2, -0.15) is 20.7 Å². The molecule has 1 aromatic carbocycles. The Morgan fingerprint density at radius 2 is 2.33 bits per heavy atom. The Kier molecular flexibility index (Phi) is 3.20. The van der Waals surface area contributed by atoms with Crippen LogP contribution >= 0.6 is 0 Å². The first-order valence-electron chi connectivity index (χ1n) is 5.03. The van der Waals surface area contributed by atoms with Crippen molar-refractivity contribution in [1.29, 1.82) is 5.26 Å². The first-order chi connectivity index (χ1) is 8.72. The molecule has 0 aliphatic carbocycles. The monoisotopic (exact) mass is 243 g/mol. The molecule has 2 aromatic rings. The van der Waals surface area contributed by atoms with Gasteiger partial charge in [0.25, 0.3) is 5.91 Å². The largest absolute Gasteiger partial charge is 0.479 e. The molecule has 1 aromatic heterocycles. The number of nitriles is 1. The molecule has 0 radical (unpaired) electrons. The van der Waals surface area contributed by atoms with Crippen LogP contribution in [0.4, 0.5) is 0 Å². The predicted octanol–water partition coefficient (Wildman–Crippen LogP) is 0.473. The zero-order chi connectivity index (χ0) is 13.0. The molecule has 0 unspecified atom stereocenters. The van der Waals surface area contributed by atoms with Gasteiger partial charge in [-0.25, -0.2) is 0 Å². The summed E-state index contributed by atoms with van der Waals surface area (Å²) in [5.74, 6) is -0.158. The molecule has 3 N–H and O–H groups in total. The van der Waals surface area contributed by atoms with E-state index in [9.17, 15) is 4.79 Å². The Morgan fingerprint density at radius 3 is 3.06 bits per heavy atom. The molecule has 1 heterocycles. The molecule has 7 nitrogen and oxygen atoms in total. The highest BCUT2D eigenvalue weighted by Crippen LogP contribution is 2.23.